The molecule has 2 rings (SSSR count). The maximum absolute atomic E-state index is 12.0. The monoisotopic (exact) mass is 302 g/mol. The average Bonchev–Trinajstić information content (AvgIpc) is 2.93. The number of hydrogen-bond donors (Lipinski definition) is 2. The van der Waals surface area contributed by atoms with Crippen molar-refractivity contribution in [3.63, 3.8) is 0 Å². The largest absolute Gasteiger partial charge is 0.383 e. The molecule has 6 heteroatoms. The maximum atomic E-state index is 12.0. The number of nitrogens with one attached hydrogen (secondary N) is 2. The summed E-state index contributed by atoms with van der Waals surface area (Å²) in [5, 5.41) is 5.73. The van der Waals surface area contributed by atoms with Gasteiger partial charge < -0.3 is 19.9 Å². The summed E-state index contributed by atoms with van der Waals surface area (Å²) < 4.78 is 7.01. The molecule has 0 saturated carbocycles. The third-order valence-electron chi connectivity index (χ3n) is 3.40. The molecule has 6 nitrogen and oxygen atoms in total. The first-order chi connectivity index (χ1) is 10.6. The van der Waals surface area contributed by atoms with Gasteiger partial charge in [0, 0.05) is 37.8 Å². The van der Waals surface area contributed by atoms with Crippen LogP contribution in [0.2, 0.25) is 0 Å². The van der Waals surface area contributed by atoms with Gasteiger partial charge in [-0.2, -0.15) is 0 Å². The van der Waals surface area contributed by atoms with Crippen molar-refractivity contribution in [3.8, 4) is 11.4 Å². The Morgan fingerprint density at radius 3 is 2.91 bits per heavy atom. The number of amides is 2. The number of benzene rings is 1. The first-order valence-corrected chi connectivity index (χ1v) is 7.28. The fourth-order valence-electron chi connectivity index (χ4n) is 2.20. The van der Waals surface area contributed by atoms with Crippen LogP contribution < -0.4 is 10.6 Å². The molecule has 0 spiro atoms. The van der Waals surface area contributed by atoms with Crippen molar-refractivity contribution in [2.24, 2.45) is 7.05 Å². The second-order valence-electron chi connectivity index (χ2n) is 5.10. The Morgan fingerprint density at radius 1 is 1.45 bits per heavy atom. The lowest BCUT2D eigenvalue weighted by molar-refractivity contribution is 0.165. The Kier molecular flexibility index (Phi) is 5.55. The number of ether oxygens (including phenoxy) is 1. The molecule has 0 unspecified atom stereocenters. The Bertz CT molecular complexity index is 624. The van der Waals surface area contributed by atoms with Crippen LogP contribution in [0.1, 0.15) is 13.3 Å². The molecule has 0 aliphatic heterocycles. The van der Waals surface area contributed by atoms with Gasteiger partial charge in [-0.25, -0.2) is 9.78 Å². The number of rotatable bonds is 6. The number of methoxy groups -OCH3 is 1. The minimum atomic E-state index is -0.235. The normalized spacial score (nSPS) is 12.0. The molecule has 2 aromatic rings. The summed E-state index contributed by atoms with van der Waals surface area (Å²) in [4.78, 5) is 16.3. The first-order valence-electron chi connectivity index (χ1n) is 7.28. The molecule has 1 aromatic carbocycles. The van der Waals surface area contributed by atoms with Crippen LogP contribution in [0.4, 0.5) is 10.5 Å². The molecule has 0 aliphatic rings. The Hall–Kier alpha value is -2.34. The van der Waals surface area contributed by atoms with Crippen molar-refractivity contribution < 1.29 is 9.53 Å². The van der Waals surface area contributed by atoms with E-state index < -0.39 is 0 Å². The predicted octanol–water partition coefficient (Wildman–Crippen LogP) is 2.63. The quantitative estimate of drug-likeness (QED) is 0.862. The highest BCUT2D eigenvalue weighted by molar-refractivity contribution is 5.90. The van der Waals surface area contributed by atoms with E-state index in [9.17, 15) is 4.79 Å². The van der Waals surface area contributed by atoms with E-state index in [1.54, 1.807) is 13.3 Å². The van der Waals surface area contributed by atoms with Crippen molar-refractivity contribution >= 4 is 11.7 Å². The van der Waals surface area contributed by atoms with Gasteiger partial charge in [0.15, 0.2) is 0 Å². The summed E-state index contributed by atoms with van der Waals surface area (Å²) in [6.45, 7) is 2.50. The fourth-order valence-corrected chi connectivity index (χ4v) is 2.20. The molecule has 0 saturated heterocycles. The average molecular weight is 302 g/mol. The van der Waals surface area contributed by atoms with Crippen molar-refractivity contribution in [3.05, 3.63) is 36.7 Å². The van der Waals surface area contributed by atoms with Gasteiger partial charge in [-0.05, 0) is 18.6 Å². The van der Waals surface area contributed by atoms with E-state index in [0.717, 1.165) is 23.5 Å². The summed E-state index contributed by atoms with van der Waals surface area (Å²) in [6, 6.07) is 7.38. The lowest BCUT2D eigenvalue weighted by atomic mass is 10.2. The number of anilines is 1. The second-order valence-corrected chi connectivity index (χ2v) is 5.10. The molecule has 0 bridgehead atoms. The van der Waals surface area contributed by atoms with Crippen molar-refractivity contribution in [1.29, 1.82) is 0 Å². The Balaban J connectivity index is 2.04. The summed E-state index contributed by atoms with van der Waals surface area (Å²) >= 11 is 0. The smallest absolute Gasteiger partial charge is 0.319 e. The molecule has 0 aliphatic carbocycles. The molecule has 1 atom stereocenters. The van der Waals surface area contributed by atoms with Gasteiger partial charge in [-0.3, -0.25) is 0 Å². The molecule has 0 fully saturated rings. The summed E-state index contributed by atoms with van der Waals surface area (Å²) in [5.74, 6) is 0.856. The lowest BCUT2D eigenvalue weighted by Gasteiger charge is -2.16. The van der Waals surface area contributed by atoms with Crippen LogP contribution in [-0.2, 0) is 11.8 Å². The molecule has 0 radical (unpaired) electrons. The zero-order valence-electron chi connectivity index (χ0n) is 13.2. The molecule has 1 heterocycles. The van der Waals surface area contributed by atoms with Crippen molar-refractivity contribution in [2.45, 2.75) is 19.4 Å². The van der Waals surface area contributed by atoms with Gasteiger partial charge in [0.2, 0.25) is 0 Å². The number of carbonyl (C=O) groups is 1. The minimum Gasteiger partial charge on any atom is -0.383 e. The minimum absolute atomic E-state index is 0.00252. The maximum Gasteiger partial charge on any atom is 0.319 e. The van der Waals surface area contributed by atoms with Gasteiger partial charge in [0.25, 0.3) is 0 Å². The van der Waals surface area contributed by atoms with Crippen LogP contribution in [0.25, 0.3) is 11.4 Å². The summed E-state index contributed by atoms with van der Waals surface area (Å²) in [5.41, 5.74) is 1.68. The van der Waals surface area contributed by atoms with Gasteiger partial charge >= 0.3 is 6.03 Å². The van der Waals surface area contributed by atoms with Gasteiger partial charge in [0.1, 0.15) is 5.82 Å². The number of imidazole rings is 1. The Labute approximate surface area is 130 Å². The Morgan fingerprint density at radius 2 is 2.27 bits per heavy atom. The van der Waals surface area contributed by atoms with Crippen LogP contribution in [0.5, 0.6) is 0 Å². The first kappa shape index (κ1) is 16.0. The van der Waals surface area contributed by atoms with Crippen molar-refractivity contribution in [1.82, 2.24) is 14.9 Å². The molecular formula is C16H22N4O2. The standard InChI is InChI=1S/C16H22N4O2/c1-4-13(11-22-3)18-16(21)19-14-7-5-6-12(10-14)15-17-8-9-20(15)2/h5-10,13H,4,11H2,1-3H3,(H2,18,19,21)/t13-/m1/s1. The van der Waals surface area contributed by atoms with E-state index in [1.807, 2.05) is 49.0 Å². The highest BCUT2D eigenvalue weighted by Gasteiger charge is 2.11. The lowest BCUT2D eigenvalue weighted by Crippen LogP contribution is -2.40. The third-order valence-corrected chi connectivity index (χ3v) is 3.40. The van der Waals surface area contributed by atoms with Gasteiger partial charge in [0.05, 0.1) is 12.6 Å². The van der Waals surface area contributed by atoms with Gasteiger partial charge in [-0.1, -0.05) is 19.1 Å². The fraction of sp³-hybridized carbons (Fsp3) is 0.375. The summed E-state index contributed by atoms with van der Waals surface area (Å²) in [7, 11) is 3.56. The molecule has 118 valence electrons. The zero-order valence-corrected chi connectivity index (χ0v) is 13.2. The molecule has 2 amide bonds. The van der Waals surface area contributed by atoms with Crippen LogP contribution in [-0.4, -0.2) is 35.3 Å². The third kappa shape index (κ3) is 4.08. The van der Waals surface area contributed by atoms with Crippen LogP contribution >= 0.6 is 0 Å². The van der Waals surface area contributed by atoms with E-state index in [2.05, 4.69) is 15.6 Å². The molecule has 1 aromatic heterocycles. The highest BCUT2D eigenvalue weighted by Crippen LogP contribution is 2.20. The zero-order chi connectivity index (χ0) is 15.9. The van der Waals surface area contributed by atoms with E-state index in [4.69, 9.17) is 4.74 Å². The molecule has 2 N–H and O–H groups in total. The molecule has 22 heavy (non-hydrogen) atoms. The van der Waals surface area contributed by atoms with Gasteiger partial charge in [-0.15, -0.1) is 0 Å². The molecular weight excluding hydrogens is 280 g/mol. The SMILES string of the molecule is CC[C@H](COC)NC(=O)Nc1cccc(-c2nccn2C)c1. The number of aryl methyl sites for hydroxylation is 1. The summed E-state index contributed by atoms with van der Waals surface area (Å²) in [6.07, 6.45) is 4.45. The topological polar surface area (TPSA) is 68.2 Å². The van der Waals surface area contributed by atoms with Crippen LogP contribution in [0, 0.1) is 0 Å². The number of hydrogen-bond acceptors (Lipinski definition) is 3. The second kappa shape index (κ2) is 7.61. The van der Waals surface area contributed by atoms with Crippen LogP contribution in [0.15, 0.2) is 36.7 Å². The number of urea groups is 1. The number of carbonyl (C=O) groups excluding carboxylic acids is 1. The van der Waals surface area contributed by atoms with Crippen LogP contribution in [0.3, 0.4) is 0 Å². The number of aromatic nitrogens is 2. The van der Waals surface area contributed by atoms with E-state index in [0.29, 0.717) is 6.61 Å². The highest BCUT2D eigenvalue weighted by atomic mass is 16.5. The van der Waals surface area contributed by atoms with E-state index >= 15 is 0 Å². The van der Waals surface area contributed by atoms with Crippen molar-refractivity contribution in [2.75, 3.05) is 19.0 Å². The predicted molar refractivity (Wildman–Crippen MR) is 86.8 cm³/mol. The van der Waals surface area contributed by atoms with E-state index in [-0.39, 0.29) is 12.1 Å². The number of nitrogens with zero attached hydrogens (tertiary/aromatic N) is 2. The van der Waals surface area contributed by atoms with E-state index in [1.165, 1.54) is 0 Å².